The molecule has 1 amide bonds. The lowest BCUT2D eigenvalue weighted by Gasteiger charge is -2.01. The predicted octanol–water partition coefficient (Wildman–Crippen LogP) is 2.28. The van der Waals surface area contributed by atoms with Gasteiger partial charge in [0, 0.05) is 16.7 Å². The lowest BCUT2D eigenvalue weighted by atomic mass is 10.2. The number of aromatic nitrogens is 4. The van der Waals surface area contributed by atoms with Crippen LogP contribution in [-0.2, 0) is 6.42 Å². The number of halogens is 1. The van der Waals surface area contributed by atoms with Crippen molar-refractivity contribution in [2.45, 2.75) is 19.8 Å². The van der Waals surface area contributed by atoms with Crippen LogP contribution in [0.3, 0.4) is 0 Å². The molecule has 0 saturated heterocycles. The zero-order valence-electron chi connectivity index (χ0n) is 12.3. The lowest BCUT2D eigenvalue weighted by Crippen LogP contribution is -2.16. The molecule has 2 N–H and O–H groups in total. The molecule has 2 aromatic heterocycles. The second-order valence-electron chi connectivity index (χ2n) is 5.01. The number of carbonyl (C=O) groups is 1. The molecule has 7 nitrogen and oxygen atoms in total. The van der Waals surface area contributed by atoms with Crippen molar-refractivity contribution in [1.82, 2.24) is 19.6 Å². The molecule has 23 heavy (non-hydrogen) atoms. The number of rotatable bonds is 4. The molecular weight excluding hydrogens is 318 g/mol. The van der Waals surface area contributed by atoms with Crippen molar-refractivity contribution in [3.05, 3.63) is 57.0 Å². The Morgan fingerprint density at radius 2 is 2.17 bits per heavy atom. The zero-order chi connectivity index (χ0) is 16.4. The molecule has 0 radical (unpaired) electrons. The molecule has 0 aliphatic rings. The summed E-state index contributed by atoms with van der Waals surface area (Å²) in [5.41, 5.74) is 0.802. The van der Waals surface area contributed by atoms with E-state index in [0.29, 0.717) is 22.7 Å². The summed E-state index contributed by atoms with van der Waals surface area (Å²) in [6.07, 6.45) is 1.58. The van der Waals surface area contributed by atoms with E-state index in [4.69, 9.17) is 11.6 Å². The van der Waals surface area contributed by atoms with Crippen molar-refractivity contribution in [3.63, 3.8) is 0 Å². The second kappa shape index (κ2) is 6.21. The Hall–Kier alpha value is -2.67. The number of hydrogen-bond acceptors (Lipinski definition) is 4. The van der Waals surface area contributed by atoms with Gasteiger partial charge in [0.25, 0.3) is 17.2 Å². The van der Waals surface area contributed by atoms with Gasteiger partial charge in [-0.15, -0.1) is 0 Å². The van der Waals surface area contributed by atoms with E-state index in [1.165, 1.54) is 10.6 Å². The number of aryl methyl sites for hydroxylation is 1. The first kappa shape index (κ1) is 15.2. The SMILES string of the molecule is CCCc1cc(=O)n2[nH]c(NC(=O)c3cccc(Cl)c3)nc2n1. The molecule has 0 fully saturated rings. The zero-order valence-corrected chi connectivity index (χ0v) is 13.1. The number of nitrogens with one attached hydrogen (secondary N) is 2. The van der Waals surface area contributed by atoms with Crippen LogP contribution in [0.5, 0.6) is 0 Å². The van der Waals surface area contributed by atoms with Crippen LogP contribution in [0.2, 0.25) is 5.02 Å². The normalized spacial score (nSPS) is 10.9. The van der Waals surface area contributed by atoms with E-state index in [1.54, 1.807) is 24.3 Å². The number of nitrogens with zero attached hydrogens (tertiary/aromatic N) is 3. The number of carbonyl (C=O) groups excluding carboxylic acids is 1. The standard InChI is InChI=1S/C15H14ClN5O2/c1-2-4-11-8-12(22)21-15(17-11)19-14(20-21)18-13(23)9-5-3-6-10(16)7-9/h3,5-8H,2,4H2,1H3,(H2,17,18,19,20,23). The minimum Gasteiger partial charge on any atom is -0.291 e. The van der Waals surface area contributed by atoms with E-state index in [1.807, 2.05) is 6.92 Å². The van der Waals surface area contributed by atoms with E-state index in [9.17, 15) is 9.59 Å². The van der Waals surface area contributed by atoms with Gasteiger partial charge in [-0.05, 0) is 24.6 Å². The molecule has 0 bridgehead atoms. The maximum absolute atomic E-state index is 12.2. The number of aromatic amines is 1. The quantitative estimate of drug-likeness (QED) is 0.767. The van der Waals surface area contributed by atoms with Crippen molar-refractivity contribution in [2.75, 3.05) is 5.32 Å². The van der Waals surface area contributed by atoms with Gasteiger partial charge in [-0.1, -0.05) is 31.0 Å². The fourth-order valence-electron chi connectivity index (χ4n) is 2.18. The topological polar surface area (TPSA) is 92.2 Å². The van der Waals surface area contributed by atoms with Crippen LogP contribution < -0.4 is 10.9 Å². The number of H-pyrrole nitrogens is 1. The van der Waals surface area contributed by atoms with Gasteiger partial charge in [0.1, 0.15) is 0 Å². The van der Waals surface area contributed by atoms with Gasteiger partial charge in [-0.25, -0.2) is 4.98 Å². The highest BCUT2D eigenvalue weighted by atomic mass is 35.5. The summed E-state index contributed by atoms with van der Waals surface area (Å²) >= 11 is 5.87. The van der Waals surface area contributed by atoms with Gasteiger partial charge >= 0.3 is 0 Å². The highest BCUT2D eigenvalue weighted by Crippen LogP contribution is 2.12. The summed E-state index contributed by atoms with van der Waals surface area (Å²) in [7, 11) is 0. The molecule has 0 atom stereocenters. The van der Waals surface area contributed by atoms with E-state index in [0.717, 1.165) is 6.42 Å². The average molecular weight is 332 g/mol. The van der Waals surface area contributed by atoms with Gasteiger partial charge in [0.05, 0.1) is 5.69 Å². The minimum absolute atomic E-state index is 0.147. The summed E-state index contributed by atoms with van der Waals surface area (Å²) in [6.45, 7) is 2.00. The predicted molar refractivity (Wildman–Crippen MR) is 87.0 cm³/mol. The van der Waals surface area contributed by atoms with Crippen LogP contribution >= 0.6 is 11.6 Å². The summed E-state index contributed by atoms with van der Waals surface area (Å²) < 4.78 is 1.19. The highest BCUT2D eigenvalue weighted by molar-refractivity contribution is 6.31. The van der Waals surface area contributed by atoms with Crippen molar-refractivity contribution >= 4 is 29.2 Å². The smallest absolute Gasteiger partial charge is 0.274 e. The Morgan fingerprint density at radius 3 is 2.91 bits per heavy atom. The first-order valence-electron chi connectivity index (χ1n) is 7.12. The molecule has 0 saturated carbocycles. The van der Waals surface area contributed by atoms with E-state index in [-0.39, 0.29) is 23.2 Å². The Labute approximate surface area is 136 Å². The summed E-state index contributed by atoms with van der Waals surface area (Å²) in [5, 5.41) is 5.77. The monoisotopic (exact) mass is 331 g/mol. The van der Waals surface area contributed by atoms with Gasteiger partial charge in [-0.3, -0.25) is 20.0 Å². The van der Waals surface area contributed by atoms with Gasteiger partial charge in [-0.2, -0.15) is 9.50 Å². The second-order valence-corrected chi connectivity index (χ2v) is 5.44. The van der Waals surface area contributed by atoms with E-state index < -0.39 is 0 Å². The first-order valence-corrected chi connectivity index (χ1v) is 7.50. The van der Waals surface area contributed by atoms with Crippen LogP contribution in [0, 0.1) is 0 Å². The maximum atomic E-state index is 12.2. The van der Waals surface area contributed by atoms with Crippen molar-refractivity contribution in [2.24, 2.45) is 0 Å². The number of hydrogen-bond donors (Lipinski definition) is 2. The third-order valence-electron chi connectivity index (χ3n) is 3.21. The molecule has 1 aromatic carbocycles. The Bertz CT molecular complexity index is 931. The minimum atomic E-state index is -0.381. The van der Waals surface area contributed by atoms with Crippen molar-refractivity contribution in [3.8, 4) is 0 Å². The van der Waals surface area contributed by atoms with E-state index in [2.05, 4.69) is 20.4 Å². The van der Waals surface area contributed by atoms with E-state index >= 15 is 0 Å². The molecule has 3 aromatic rings. The highest BCUT2D eigenvalue weighted by Gasteiger charge is 2.12. The van der Waals surface area contributed by atoms with Gasteiger partial charge in [0.2, 0.25) is 5.95 Å². The molecule has 3 rings (SSSR count). The molecule has 8 heteroatoms. The largest absolute Gasteiger partial charge is 0.291 e. The lowest BCUT2D eigenvalue weighted by molar-refractivity contribution is 0.102. The fourth-order valence-corrected chi connectivity index (χ4v) is 2.37. The number of benzene rings is 1. The molecule has 0 unspecified atom stereocenters. The molecule has 0 spiro atoms. The van der Waals surface area contributed by atoms with Crippen LogP contribution in [0.25, 0.3) is 5.78 Å². The third-order valence-corrected chi connectivity index (χ3v) is 3.44. The fraction of sp³-hybridized carbons (Fsp3) is 0.200. The molecule has 0 aliphatic carbocycles. The molecule has 2 heterocycles. The third kappa shape index (κ3) is 3.24. The number of amides is 1. The Balaban J connectivity index is 1.90. The molecule has 0 aliphatic heterocycles. The summed E-state index contributed by atoms with van der Waals surface area (Å²) in [5.74, 6) is -0.0102. The van der Waals surface area contributed by atoms with Gasteiger partial charge in [0.15, 0.2) is 0 Å². The summed E-state index contributed by atoms with van der Waals surface area (Å²) in [6, 6.07) is 7.99. The average Bonchev–Trinajstić information content (AvgIpc) is 2.90. The van der Waals surface area contributed by atoms with Crippen LogP contribution in [0.15, 0.2) is 35.1 Å². The van der Waals surface area contributed by atoms with Gasteiger partial charge < -0.3 is 0 Å². The maximum Gasteiger partial charge on any atom is 0.274 e. The van der Waals surface area contributed by atoms with Crippen LogP contribution in [0.4, 0.5) is 5.95 Å². The molecular formula is C15H14ClN5O2. The van der Waals surface area contributed by atoms with Crippen LogP contribution in [-0.4, -0.2) is 25.5 Å². The van der Waals surface area contributed by atoms with Crippen LogP contribution in [0.1, 0.15) is 29.4 Å². The Morgan fingerprint density at radius 1 is 1.35 bits per heavy atom. The molecule has 118 valence electrons. The summed E-state index contributed by atoms with van der Waals surface area (Å²) in [4.78, 5) is 32.6. The number of fused-ring (bicyclic) bond motifs is 1. The van der Waals surface area contributed by atoms with Crippen molar-refractivity contribution in [1.29, 1.82) is 0 Å². The number of anilines is 1. The first-order chi connectivity index (χ1) is 11.1. The Kier molecular flexibility index (Phi) is 4.12. The van der Waals surface area contributed by atoms with Crippen molar-refractivity contribution < 1.29 is 4.79 Å².